The molecule has 1 aromatic carbocycles. The van der Waals surface area contributed by atoms with Gasteiger partial charge < -0.3 is 5.32 Å². The molecule has 0 amide bonds. The van der Waals surface area contributed by atoms with Gasteiger partial charge in [-0.05, 0) is 53.5 Å². The van der Waals surface area contributed by atoms with Crippen LogP contribution in [0.25, 0.3) is 0 Å². The van der Waals surface area contributed by atoms with Crippen LogP contribution in [-0.4, -0.2) is 16.3 Å². The van der Waals surface area contributed by atoms with Crippen LogP contribution >= 0.6 is 15.9 Å². The van der Waals surface area contributed by atoms with Gasteiger partial charge in [-0.1, -0.05) is 13.0 Å². The largest absolute Gasteiger partial charge is 0.305 e. The van der Waals surface area contributed by atoms with Crippen LogP contribution in [0.15, 0.2) is 28.9 Å². The fourth-order valence-electron chi connectivity index (χ4n) is 2.28. The summed E-state index contributed by atoms with van der Waals surface area (Å²) in [5.41, 5.74) is 1.59. The van der Waals surface area contributed by atoms with E-state index >= 15 is 0 Å². The van der Waals surface area contributed by atoms with Gasteiger partial charge in [0.2, 0.25) is 0 Å². The zero-order valence-corrected chi connectivity index (χ0v) is 13.6. The van der Waals surface area contributed by atoms with Crippen LogP contribution < -0.4 is 5.32 Å². The molecule has 1 atom stereocenters. The first kappa shape index (κ1) is 16.1. The summed E-state index contributed by atoms with van der Waals surface area (Å²) in [4.78, 5) is 0. The first-order valence-electron chi connectivity index (χ1n) is 6.98. The topological polar surface area (TPSA) is 29.9 Å². The van der Waals surface area contributed by atoms with Crippen LogP contribution in [0.3, 0.4) is 0 Å². The summed E-state index contributed by atoms with van der Waals surface area (Å²) in [6.45, 7) is 5.54. The van der Waals surface area contributed by atoms with Gasteiger partial charge in [0, 0.05) is 12.7 Å². The number of nitrogens with one attached hydrogen (secondary N) is 1. The summed E-state index contributed by atoms with van der Waals surface area (Å²) < 4.78 is 29.1. The lowest BCUT2D eigenvalue weighted by Gasteiger charge is -2.21. The minimum atomic E-state index is -0.863. The number of benzene rings is 1. The molecule has 0 saturated carbocycles. The molecule has 1 unspecified atom stereocenters. The van der Waals surface area contributed by atoms with Crippen LogP contribution in [0.1, 0.15) is 37.6 Å². The first-order valence-corrected chi connectivity index (χ1v) is 7.77. The minimum absolute atomic E-state index is 0.153. The van der Waals surface area contributed by atoms with E-state index in [-0.39, 0.29) is 10.5 Å². The predicted molar refractivity (Wildman–Crippen MR) is 82.1 cm³/mol. The number of aromatic nitrogens is 2. The van der Waals surface area contributed by atoms with Gasteiger partial charge >= 0.3 is 0 Å². The van der Waals surface area contributed by atoms with Gasteiger partial charge in [-0.2, -0.15) is 5.10 Å². The van der Waals surface area contributed by atoms with Crippen molar-refractivity contribution in [2.75, 3.05) is 6.54 Å². The number of hydrogen-bond donors (Lipinski definition) is 1. The van der Waals surface area contributed by atoms with Crippen molar-refractivity contribution in [2.24, 2.45) is 0 Å². The predicted octanol–water partition coefficient (Wildman–Crippen LogP) is 4.03. The molecule has 114 valence electrons. The van der Waals surface area contributed by atoms with E-state index in [4.69, 9.17) is 0 Å². The van der Waals surface area contributed by atoms with E-state index in [0.717, 1.165) is 24.7 Å². The Hall–Kier alpha value is -1.27. The van der Waals surface area contributed by atoms with Crippen LogP contribution in [0.2, 0.25) is 0 Å². The van der Waals surface area contributed by atoms with Crippen molar-refractivity contribution >= 4 is 15.9 Å². The Labute approximate surface area is 131 Å². The molecule has 0 saturated heterocycles. The van der Waals surface area contributed by atoms with E-state index < -0.39 is 11.6 Å². The average molecular weight is 358 g/mol. The Kier molecular flexibility index (Phi) is 5.47. The smallest absolute Gasteiger partial charge is 0.173 e. The van der Waals surface area contributed by atoms with E-state index in [1.54, 1.807) is 12.3 Å². The standard InChI is InChI=1S/C15H18BrF2N3/c1-3-8-19-15(12-7-9-20-21(12)4-2)10-5-6-11(17)14(18)13(10)16/h5-7,9,15,19H,3-4,8H2,1-2H3. The summed E-state index contributed by atoms with van der Waals surface area (Å²) in [5, 5.41) is 7.62. The molecule has 0 aliphatic rings. The summed E-state index contributed by atoms with van der Waals surface area (Å²) >= 11 is 3.17. The average Bonchev–Trinajstić information content (AvgIpc) is 2.95. The van der Waals surface area contributed by atoms with Crippen molar-refractivity contribution in [2.45, 2.75) is 32.9 Å². The third-order valence-corrected chi connectivity index (χ3v) is 4.13. The maximum atomic E-state index is 13.8. The lowest BCUT2D eigenvalue weighted by Crippen LogP contribution is -2.26. The highest BCUT2D eigenvalue weighted by Gasteiger charge is 2.22. The number of aryl methyl sites for hydroxylation is 1. The van der Waals surface area contributed by atoms with Crippen molar-refractivity contribution in [3.63, 3.8) is 0 Å². The molecule has 6 heteroatoms. The molecule has 2 rings (SSSR count). The highest BCUT2D eigenvalue weighted by Crippen LogP contribution is 2.31. The van der Waals surface area contributed by atoms with Crippen LogP contribution in [0.4, 0.5) is 8.78 Å². The van der Waals surface area contributed by atoms with Crippen LogP contribution in [0, 0.1) is 11.6 Å². The Morgan fingerprint density at radius 2 is 2.05 bits per heavy atom. The van der Waals surface area contributed by atoms with E-state index in [0.29, 0.717) is 12.1 Å². The van der Waals surface area contributed by atoms with E-state index in [2.05, 4.69) is 33.3 Å². The lowest BCUT2D eigenvalue weighted by molar-refractivity contribution is 0.491. The van der Waals surface area contributed by atoms with Gasteiger partial charge in [-0.25, -0.2) is 8.78 Å². The molecule has 1 aromatic heterocycles. The maximum Gasteiger partial charge on any atom is 0.173 e. The second kappa shape index (κ2) is 7.13. The minimum Gasteiger partial charge on any atom is -0.305 e. The molecule has 0 spiro atoms. The van der Waals surface area contributed by atoms with Gasteiger partial charge in [0.1, 0.15) is 0 Å². The zero-order chi connectivity index (χ0) is 15.4. The molecule has 1 N–H and O–H groups in total. The van der Waals surface area contributed by atoms with Crippen molar-refractivity contribution in [3.8, 4) is 0 Å². The third kappa shape index (κ3) is 3.32. The second-order valence-corrected chi connectivity index (χ2v) is 5.52. The number of hydrogen-bond acceptors (Lipinski definition) is 2. The molecule has 0 aliphatic carbocycles. The van der Waals surface area contributed by atoms with Crippen molar-refractivity contribution < 1.29 is 8.78 Å². The Balaban J connectivity index is 2.48. The quantitative estimate of drug-likeness (QED) is 0.790. The molecule has 0 radical (unpaired) electrons. The lowest BCUT2D eigenvalue weighted by atomic mass is 10.0. The monoisotopic (exact) mass is 357 g/mol. The molecule has 1 heterocycles. The normalized spacial score (nSPS) is 12.6. The number of rotatable bonds is 6. The van der Waals surface area contributed by atoms with Gasteiger partial charge in [-0.3, -0.25) is 4.68 Å². The summed E-state index contributed by atoms with van der Waals surface area (Å²) in [6, 6.07) is 4.41. The molecular weight excluding hydrogens is 340 g/mol. The maximum absolute atomic E-state index is 13.8. The van der Waals surface area contributed by atoms with Gasteiger partial charge in [0.25, 0.3) is 0 Å². The molecule has 21 heavy (non-hydrogen) atoms. The van der Waals surface area contributed by atoms with Crippen LogP contribution in [0.5, 0.6) is 0 Å². The third-order valence-electron chi connectivity index (χ3n) is 3.32. The van der Waals surface area contributed by atoms with E-state index in [9.17, 15) is 8.78 Å². The Bertz CT molecular complexity index is 613. The highest BCUT2D eigenvalue weighted by molar-refractivity contribution is 9.10. The SMILES string of the molecule is CCCNC(c1ccc(F)c(F)c1Br)c1ccnn1CC. The Morgan fingerprint density at radius 3 is 2.71 bits per heavy atom. The molecule has 2 aromatic rings. The van der Waals surface area contributed by atoms with Crippen LogP contribution in [-0.2, 0) is 6.54 Å². The summed E-state index contributed by atoms with van der Waals surface area (Å²) in [7, 11) is 0. The molecule has 0 aliphatic heterocycles. The molecule has 0 fully saturated rings. The van der Waals surface area contributed by atoms with Gasteiger partial charge in [-0.15, -0.1) is 0 Å². The van der Waals surface area contributed by atoms with Gasteiger partial charge in [0.05, 0.1) is 16.2 Å². The fourth-order valence-corrected chi connectivity index (χ4v) is 2.83. The highest BCUT2D eigenvalue weighted by atomic mass is 79.9. The first-order chi connectivity index (χ1) is 10.1. The zero-order valence-electron chi connectivity index (χ0n) is 12.0. The van der Waals surface area contributed by atoms with Gasteiger partial charge in [0.15, 0.2) is 11.6 Å². The molecule has 3 nitrogen and oxygen atoms in total. The second-order valence-electron chi connectivity index (χ2n) is 4.72. The number of nitrogens with zero attached hydrogens (tertiary/aromatic N) is 2. The van der Waals surface area contributed by atoms with E-state index in [1.165, 1.54) is 0 Å². The number of halogens is 3. The molecule has 0 bridgehead atoms. The van der Waals surface area contributed by atoms with E-state index in [1.807, 2.05) is 17.7 Å². The summed E-state index contributed by atoms with van der Waals surface area (Å²) in [5.74, 6) is -1.72. The Morgan fingerprint density at radius 1 is 1.29 bits per heavy atom. The van der Waals surface area contributed by atoms with Crippen molar-refractivity contribution in [3.05, 3.63) is 51.8 Å². The van der Waals surface area contributed by atoms with Crippen molar-refractivity contribution in [1.29, 1.82) is 0 Å². The van der Waals surface area contributed by atoms with Crippen molar-refractivity contribution in [1.82, 2.24) is 15.1 Å². The summed E-state index contributed by atoms with van der Waals surface area (Å²) in [6.07, 6.45) is 2.66. The molecular formula is C15H18BrF2N3. The fraction of sp³-hybridized carbons (Fsp3) is 0.400.